The highest BCUT2D eigenvalue weighted by Crippen LogP contribution is 2.22. The molecule has 3 rings (SSSR count). The monoisotopic (exact) mass is 321 g/mol. The van der Waals surface area contributed by atoms with Crippen LogP contribution in [-0.2, 0) is 11.2 Å². The van der Waals surface area contributed by atoms with Crippen LogP contribution in [-0.4, -0.2) is 15.9 Å². The molecule has 0 fully saturated rings. The number of pyridine rings is 1. The minimum absolute atomic E-state index is 0.113. The lowest BCUT2D eigenvalue weighted by atomic mass is 10.1. The Balaban J connectivity index is 1.75. The summed E-state index contributed by atoms with van der Waals surface area (Å²) in [5.41, 5.74) is 4.47. The first-order valence-electron chi connectivity index (χ1n) is 7.77. The number of hydrogen-bond acceptors (Lipinski definition) is 4. The number of nitrogens with zero attached hydrogens (tertiary/aromatic N) is 2. The molecular weight excluding hydrogens is 302 g/mol. The van der Waals surface area contributed by atoms with Gasteiger partial charge in [-0.2, -0.15) is 0 Å². The Kier molecular flexibility index (Phi) is 4.42. The average Bonchev–Trinajstić information content (AvgIpc) is 2.93. The Hall–Kier alpha value is -2.95. The minimum atomic E-state index is -0.113. The van der Waals surface area contributed by atoms with Gasteiger partial charge in [-0.1, -0.05) is 12.1 Å². The number of carbonyl (C=O) groups is 1. The fraction of sp³-hybridized carbons (Fsp3) is 0.211. The maximum absolute atomic E-state index is 12.3. The number of carbonyl (C=O) groups excluding carboxylic acids is 1. The Labute approximate surface area is 140 Å². The van der Waals surface area contributed by atoms with E-state index in [1.54, 1.807) is 12.4 Å². The molecule has 0 atom stereocenters. The third-order valence-corrected chi connectivity index (χ3v) is 4.01. The zero-order chi connectivity index (χ0) is 17.1. The Morgan fingerprint density at radius 2 is 2.00 bits per heavy atom. The highest BCUT2D eigenvalue weighted by atomic mass is 16.4. The van der Waals surface area contributed by atoms with E-state index in [2.05, 4.69) is 15.3 Å². The van der Waals surface area contributed by atoms with Gasteiger partial charge in [-0.15, -0.1) is 0 Å². The molecule has 0 aliphatic rings. The zero-order valence-electron chi connectivity index (χ0n) is 14.0. The smallest absolute Gasteiger partial charge is 0.230 e. The summed E-state index contributed by atoms with van der Waals surface area (Å²) in [6, 6.07) is 9.55. The van der Waals surface area contributed by atoms with Crippen LogP contribution < -0.4 is 5.32 Å². The fourth-order valence-corrected chi connectivity index (χ4v) is 2.44. The van der Waals surface area contributed by atoms with E-state index in [4.69, 9.17) is 4.42 Å². The van der Waals surface area contributed by atoms with Crippen molar-refractivity contribution in [1.29, 1.82) is 0 Å². The first-order chi connectivity index (χ1) is 11.5. The van der Waals surface area contributed by atoms with E-state index >= 15 is 0 Å². The lowest BCUT2D eigenvalue weighted by molar-refractivity contribution is -0.115. The number of amides is 1. The van der Waals surface area contributed by atoms with Gasteiger partial charge in [-0.25, -0.2) is 4.98 Å². The topological polar surface area (TPSA) is 68.0 Å². The fourth-order valence-electron chi connectivity index (χ4n) is 2.44. The molecule has 0 radical (unpaired) electrons. The van der Waals surface area contributed by atoms with E-state index in [9.17, 15) is 4.79 Å². The summed E-state index contributed by atoms with van der Waals surface area (Å²) in [5, 5.41) is 2.94. The van der Waals surface area contributed by atoms with E-state index in [1.807, 2.05) is 51.1 Å². The van der Waals surface area contributed by atoms with Crippen molar-refractivity contribution >= 4 is 11.6 Å². The maximum atomic E-state index is 12.3. The van der Waals surface area contributed by atoms with E-state index in [0.717, 1.165) is 22.4 Å². The van der Waals surface area contributed by atoms with Crippen LogP contribution in [0.3, 0.4) is 0 Å². The first-order valence-corrected chi connectivity index (χ1v) is 7.77. The van der Waals surface area contributed by atoms with Crippen molar-refractivity contribution in [2.24, 2.45) is 0 Å². The van der Waals surface area contributed by atoms with Crippen molar-refractivity contribution in [2.45, 2.75) is 27.2 Å². The number of hydrogen-bond donors (Lipinski definition) is 1. The molecule has 5 nitrogen and oxygen atoms in total. The van der Waals surface area contributed by atoms with E-state index in [1.165, 1.54) is 0 Å². The van der Waals surface area contributed by atoms with Gasteiger partial charge in [-0.3, -0.25) is 9.78 Å². The molecule has 2 aromatic heterocycles. The van der Waals surface area contributed by atoms with Crippen LogP contribution in [0.4, 0.5) is 5.69 Å². The van der Waals surface area contributed by atoms with Gasteiger partial charge in [-0.05, 0) is 50.1 Å². The number of rotatable bonds is 4. The van der Waals surface area contributed by atoms with Crippen LogP contribution in [0, 0.1) is 20.8 Å². The van der Waals surface area contributed by atoms with Crippen LogP contribution >= 0.6 is 0 Å². The molecule has 122 valence electrons. The van der Waals surface area contributed by atoms with Gasteiger partial charge in [0, 0.05) is 18.1 Å². The summed E-state index contributed by atoms with van der Waals surface area (Å²) in [6.45, 7) is 5.83. The molecule has 0 bridgehead atoms. The predicted octanol–water partition coefficient (Wildman–Crippen LogP) is 3.84. The van der Waals surface area contributed by atoms with E-state index < -0.39 is 0 Å². The van der Waals surface area contributed by atoms with Gasteiger partial charge in [0.25, 0.3) is 0 Å². The number of aryl methyl sites for hydroxylation is 2. The number of aromatic nitrogens is 2. The number of anilines is 1. The second kappa shape index (κ2) is 6.66. The number of nitrogens with one attached hydrogen (secondary N) is 1. The maximum Gasteiger partial charge on any atom is 0.230 e. The third-order valence-electron chi connectivity index (χ3n) is 4.01. The standard InChI is InChI=1S/C19H19N3O2/c1-12-6-4-8-16(13(12)2)21-18(23)10-17-14(3)24-19(22-17)15-7-5-9-20-11-15/h4-9,11H,10H2,1-3H3,(H,21,23). The Bertz CT molecular complexity index is 870. The summed E-state index contributed by atoms with van der Waals surface area (Å²) in [7, 11) is 0. The van der Waals surface area contributed by atoms with Crippen molar-refractivity contribution in [1.82, 2.24) is 9.97 Å². The normalized spacial score (nSPS) is 10.6. The van der Waals surface area contributed by atoms with Gasteiger partial charge in [0.1, 0.15) is 5.76 Å². The molecule has 3 aromatic rings. The third kappa shape index (κ3) is 3.35. The van der Waals surface area contributed by atoms with Crippen molar-refractivity contribution in [3.8, 4) is 11.5 Å². The second-order valence-electron chi connectivity index (χ2n) is 5.74. The van der Waals surface area contributed by atoms with E-state index in [0.29, 0.717) is 17.3 Å². The average molecular weight is 321 g/mol. The van der Waals surface area contributed by atoms with Gasteiger partial charge >= 0.3 is 0 Å². The van der Waals surface area contributed by atoms with Crippen molar-refractivity contribution in [3.05, 3.63) is 65.3 Å². The molecule has 0 saturated carbocycles. The van der Waals surface area contributed by atoms with Crippen LogP contribution in [0.1, 0.15) is 22.6 Å². The van der Waals surface area contributed by atoms with Gasteiger partial charge in [0.15, 0.2) is 0 Å². The number of benzene rings is 1. The quantitative estimate of drug-likeness (QED) is 0.792. The molecule has 1 N–H and O–H groups in total. The van der Waals surface area contributed by atoms with Crippen molar-refractivity contribution in [3.63, 3.8) is 0 Å². The molecule has 0 spiro atoms. The number of oxazole rings is 1. The Morgan fingerprint density at radius 1 is 1.17 bits per heavy atom. The van der Waals surface area contributed by atoms with Crippen LogP contribution in [0.25, 0.3) is 11.5 Å². The highest BCUT2D eigenvalue weighted by molar-refractivity contribution is 5.93. The van der Waals surface area contributed by atoms with Gasteiger partial charge in [0.05, 0.1) is 17.7 Å². The van der Waals surface area contributed by atoms with Crippen LogP contribution in [0.5, 0.6) is 0 Å². The zero-order valence-corrected chi connectivity index (χ0v) is 14.0. The molecule has 0 unspecified atom stereocenters. The lowest BCUT2D eigenvalue weighted by Crippen LogP contribution is -2.16. The molecule has 1 aromatic carbocycles. The first kappa shape index (κ1) is 15.9. The lowest BCUT2D eigenvalue weighted by Gasteiger charge is -2.09. The Morgan fingerprint density at radius 3 is 2.75 bits per heavy atom. The molecular formula is C19H19N3O2. The SMILES string of the molecule is Cc1cccc(NC(=O)Cc2nc(-c3cccnc3)oc2C)c1C. The molecule has 1 amide bonds. The molecule has 24 heavy (non-hydrogen) atoms. The summed E-state index contributed by atoms with van der Waals surface area (Å²) in [4.78, 5) is 20.8. The van der Waals surface area contributed by atoms with Gasteiger partial charge in [0.2, 0.25) is 11.8 Å². The molecule has 5 heteroatoms. The summed E-state index contributed by atoms with van der Waals surface area (Å²) >= 11 is 0. The van der Waals surface area contributed by atoms with Crippen LogP contribution in [0.2, 0.25) is 0 Å². The largest absolute Gasteiger partial charge is 0.441 e. The summed E-state index contributed by atoms with van der Waals surface area (Å²) < 4.78 is 5.66. The summed E-state index contributed by atoms with van der Waals surface area (Å²) in [5.74, 6) is 1.01. The predicted molar refractivity (Wildman–Crippen MR) is 92.7 cm³/mol. The second-order valence-corrected chi connectivity index (χ2v) is 5.74. The molecule has 0 saturated heterocycles. The molecule has 2 heterocycles. The minimum Gasteiger partial charge on any atom is -0.441 e. The van der Waals surface area contributed by atoms with Crippen LogP contribution in [0.15, 0.2) is 47.1 Å². The molecule has 0 aliphatic heterocycles. The highest BCUT2D eigenvalue weighted by Gasteiger charge is 2.15. The van der Waals surface area contributed by atoms with Gasteiger partial charge < -0.3 is 9.73 Å². The summed E-state index contributed by atoms with van der Waals surface area (Å²) in [6.07, 6.45) is 3.55. The van der Waals surface area contributed by atoms with Crippen molar-refractivity contribution in [2.75, 3.05) is 5.32 Å². The van der Waals surface area contributed by atoms with Crippen molar-refractivity contribution < 1.29 is 9.21 Å². The molecule has 0 aliphatic carbocycles. The van der Waals surface area contributed by atoms with E-state index in [-0.39, 0.29) is 12.3 Å².